The van der Waals surface area contributed by atoms with Crippen LogP contribution in [0.3, 0.4) is 0 Å². The van der Waals surface area contributed by atoms with Crippen molar-refractivity contribution >= 4 is 34.7 Å². The maximum atomic E-state index is 15.4. The third-order valence-corrected chi connectivity index (χ3v) is 11.2. The van der Waals surface area contributed by atoms with Crippen LogP contribution in [0.15, 0.2) is 59.1 Å². The first-order valence-electron chi connectivity index (χ1n) is 18.3. The minimum atomic E-state index is -0.621. The number of rotatable bonds is 11. The minimum Gasteiger partial charge on any atom is -0.374 e. The predicted molar refractivity (Wildman–Crippen MR) is 198 cm³/mol. The van der Waals surface area contributed by atoms with E-state index in [1.807, 2.05) is 18.7 Å². The molecule has 2 saturated heterocycles. The zero-order chi connectivity index (χ0) is 37.0. The average molecular weight is 716 g/mol. The molecule has 3 aliphatic heterocycles. The Balaban J connectivity index is 0.922. The number of ether oxygens (including phenoxy) is 1. The first-order valence-corrected chi connectivity index (χ1v) is 18.3. The molecule has 3 fully saturated rings. The van der Waals surface area contributed by atoms with Gasteiger partial charge in [-0.15, -0.1) is 0 Å². The second kappa shape index (κ2) is 13.5. The molecule has 1 unspecified atom stereocenters. The summed E-state index contributed by atoms with van der Waals surface area (Å²) in [5.41, 5.74) is 8.56. The number of nitrogens with zero attached hydrogens (tertiary/aromatic N) is 5. The van der Waals surface area contributed by atoms with Crippen LogP contribution in [0.5, 0.6) is 0 Å². The molecule has 272 valence electrons. The third-order valence-electron chi connectivity index (χ3n) is 11.2. The van der Waals surface area contributed by atoms with E-state index in [9.17, 15) is 14.9 Å². The lowest BCUT2D eigenvalue weighted by atomic mass is 9.97. The molecular weight excluding hydrogens is 673 g/mol. The van der Waals surface area contributed by atoms with Gasteiger partial charge in [-0.3, -0.25) is 20.3 Å². The van der Waals surface area contributed by atoms with Crippen LogP contribution < -0.4 is 15.1 Å². The summed E-state index contributed by atoms with van der Waals surface area (Å²) in [7, 11) is 0. The van der Waals surface area contributed by atoms with Gasteiger partial charge in [0.05, 0.1) is 29.0 Å². The van der Waals surface area contributed by atoms with Gasteiger partial charge in [-0.2, -0.15) is 5.26 Å². The number of imide groups is 1. The lowest BCUT2D eigenvalue weighted by Crippen LogP contribution is -2.52. The number of nitriles is 1. The second-order valence-corrected chi connectivity index (χ2v) is 14.7. The van der Waals surface area contributed by atoms with Crippen molar-refractivity contribution in [3.05, 3.63) is 94.1 Å². The third kappa shape index (κ3) is 6.33. The Kier molecular flexibility index (Phi) is 8.77. The minimum absolute atomic E-state index is 0.0426. The van der Waals surface area contributed by atoms with Gasteiger partial charge in [0.1, 0.15) is 23.5 Å². The summed E-state index contributed by atoms with van der Waals surface area (Å²) in [5, 5.41) is 24.9. The van der Waals surface area contributed by atoms with E-state index in [0.29, 0.717) is 50.5 Å². The molecule has 4 heterocycles. The highest BCUT2D eigenvalue weighted by molar-refractivity contribution is 6.06. The van der Waals surface area contributed by atoms with Crippen molar-refractivity contribution in [3.8, 4) is 17.2 Å². The van der Waals surface area contributed by atoms with E-state index < -0.39 is 17.8 Å². The van der Waals surface area contributed by atoms with E-state index in [-0.39, 0.29) is 29.7 Å². The molecule has 2 N–H and O–H groups in total. The first kappa shape index (κ1) is 34.5. The summed E-state index contributed by atoms with van der Waals surface area (Å²) in [5.74, 6) is -0.246. The van der Waals surface area contributed by atoms with Crippen LogP contribution in [0, 0.1) is 43.3 Å². The second-order valence-electron chi connectivity index (χ2n) is 14.7. The number of nitrogens with one attached hydrogen (secondary N) is 2. The van der Waals surface area contributed by atoms with Crippen LogP contribution in [0.25, 0.3) is 11.1 Å². The van der Waals surface area contributed by atoms with E-state index in [0.717, 1.165) is 69.9 Å². The fraction of sp³-hybridized carbons (Fsp3) is 0.390. The van der Waals surface area contributed by atoms with Gasteiger partial charge in [0.15, 0.2) is 0 Å². The monoisotopic (exact) mass is 715 g/mol. The molecule has 11 nitrogen and oxygen atoms in total. The lowest BCUT2D eigenvalue weighted by Gasteiger charge is -2.41. The quantitative estimate of drug-likeness (QED) is 0.135. The van der Waals surface area contributed by atoms with Gasteiger partial charge in [0.2, 0.25) is 11.8 Å². The number of anilines is 3. The van der Waals surface area contributed by atoms with Gasteiger partial charge in [-0.25, -0.2) is 4.39 Å². The Labute approximate surface area is 307 Å². The lowest BCUT2D eigenvalue weighted by molar-refractivity contribution is -0.136. The van der Waals surface area contributed by atoms with Crippen LogP contribution in [-0.4, -0.2) is 66.1 Å². The molecule has 1 saturated carbocycles. The van der Waals surface area contributed by atoms with E-state index in [1.165, 1.54) is 6.07 Å². The summed E-state index contributed by atoms with van der Waals surface area (Å²) in [6, 6.07) is 19.8. The van der Waals surface area contributed by atoms with Crippen LogP contribution >= 0.6 is 0 Å². The van der Waals surface area contributed by atoms with Crippen LogP contribution in [0.1, 0.15) is 65.8 Å². The molecule has 1 atom stereocenters. The maximum absolute atomic E-state index is 15.4. The Morgan fingerprint density at radius 2 is 1.89 bits per heavy atom. The summed E-state index contributed by atoms with van der Waals surface area (Å²) in [6.45, 7) is 8.62. The molecule has 0 spiro atoms. The summed E-state index contributed by atoms with van der Waals surface area (Å²) >= 11 is 0. The number of carbonyl (C=O) groups is 2. The van der Waals surface area contributed by atoms with Gasteiger partial charge in [0, 0.05) is 61.7 Å². The van der Waals surface area contributed by atoms with E-state index >= 15 is 4.39 Å². The van der Waals surface area contributed by atoms with Crippen molar-refractivity contribution < 1.29 is 23.2 Å². The average Bonchev–Trinajstić information content (AvgIpc) is 3.78. The van der Waals surface area contributed by atoms with Crippen LogP contribution in [0.2, 0.25) is 0 Å². The number of amidine groups is 1. The Hall–Kier alpha value is -5.54. The molecule has 4 aromatic rings. The highest BCUT2D eigenvalue weighted by Gasteiger charge is 2.45. The number of carbonyl (C=O) groups excluding carboxylic acids is 2. The number of fused-ring (bicyclic) bond motifs is 1. The molecule has 3 aromatic carbocycles. The topological polar surface area (TPSA) is 139 Å². The number of hydrogen-bond donors (Lipinski definition) is 2. The Morgan fingerprint density at radius 3 is 2.57 bits per heavy atom. The number of aryl methyl sites for hydroxylation is 3. The molecular formula is C41H42FN7O4. The molecule has 0 radical (unpaired) electrons. The van der Waals surface area contributed by atoms with Gasteiger partial charge < -0.3 is 24.0 Å². The molecule has 1 aliphatic carbocycles. The number of hydrogen-bond acceptors (Lipinski definition) is 9. The standard InChI is InChI=1S/C41H42FN7O4/c1-24-5-6-27(38-25(2)46-53-26(38)3)17-35(24)48(30-9-7-29(8-10-30)41(23-43)13-14-41)15-4-16-52-31-21-47(22-31)36-18-28-20-49(39(44)32(28)19-33(36)42)34-11-12-37(50)45-40(34)51/h5-10,17-19,31,34,44H,4,11-16,20-22H2,1-3H3,(H,45,50,51). The van der Waals surface area contributed by atoms with Crippen molar-refractivity contribution in [1.29, 1.82) is 10.7 Å². The molecule has 2 amide bonds. The predicted octanol–water partition coefficient (Wildman–Crippen LogP) is 6.34. The molecule has 1 aromatic heterocycles. The summed E-state index contributed by atoms with van der Waals surface area (Å²) in [6.07, 6.45) is 3.06. The van der Waals surface area contributed by atoms with E-state index in [4.69, 9.17) is 14.7 Å². The van der Waals surface area contributed by atoms with E-state index in [1.54, 1.807) is 11.0 Å². The zero-order valence-corrected chi connectivity index (χ0v) is 30.2. The summed E-state index contributed by atoms with van der Waals surface area (Å²) < 4.78 is 27.2. The van der Waals surface area contributed by atoms with Gasteiger partial charge in [0.25, 0.3) is 0 Å². The maximum Gasteiger partial charge on any atom is 0.249 e. The zero-order valence-electron chi connectivity index (χ0n) is 30.2. The number of aromatic nitrogens is 1. The van der Waals surface area contributed by atoms with Crippen molar-refractivity contribution in [1.82, 2.24) is 15.4 Å². The van der Waals surface area contributed by atoms with Crippen molar-refractivity contribution in [2.75, 3.05) is 36.0 Å². The highest BCUT2D eigenvalue weighted by Crippen LogP contribution is 2.48. The number of amides is 2. The van der Waals surface area contributed by atoms with Gasteiger partial charge in [-0.05, 0) is 99.0 Å². The SMILES string of the molecule is Cc1ccc(-c2c(C)noc2C)cc1N(CCCOC1CN(c2cc3c(cc2F)C(=N)N(C2CCC(=O)NC2=O)C3)C1)c1ccc(C2(C#N)CC2)cc1. The first-order chi connectivity index (χ1) is 25.5. The molecule has 12 heteroatoms. The van der Waals surface area contributed by atoms with Crippen molar-refractivity contribution in [2.24, 2.45) is 0 Å². The highest BCUT2D eigenvalue weighted by atomic mass is 19.1. The van der Waals surface area contributed by atoms with Gasteiger partial charge in [-0.1, -0.05) is 29.4 Å². The number of halogens is 1. The Morgan fingerprint density at radius 1 is 1.11 bits per heavy atom. The number of piperidine rings is 1. The summed E-state index contributed by atoms with van der Waals surface area (Å²) in [4.78, 5) is 30.0. The van der Waals surface area contributed by atoms with Crippen molar-refractivity contribution in [3.63, 3.8) is 0 Å². The fourth-order valence-electron chi connectivity index (χ4n) is 7.96. The molecule has 8 rings (SSSR count). The van der Waals surface area contributed by atoms with Gasteiger partial charge >= 0.3 is 0 Å². The van der Waals surface area contributed by atoms with Crippen LogP contribution in [0.4, 0.5) is 21.5 Å². The molecule has 0 bridgehead atoms. The molecule has 53 heavy (non-hydrogen) atoms. The molecule has 4 aliphatic rings. The Bertz CT molecular complexity index is 2140. The fourth-order valence-corrected chi connectivity index (χ4v) is 7.96. The van der Waals surface area contributed by atoms with E-state index in [2.05, 4.69) is 70.8 Å². The largest absolute Gasteiger partial charge is 0.374 e. The van der Waals surface area contributed by atoms with Crippen LogP contribution in [-0.2, 0) is 26.3 Å². The number of benzene rings is 3. The smallest absolute Gasteiger partial charge is 0.249 e. The normalized spacial score (nSPS) is 19.2. The van der Waals surface area contributed by atoms with Crippen molar-refractivity contribution in [2.45, 2.75) is 77.0 Å².